The van der Waals surface area contributed by atoms with E-state index in [1.165, 1.54) is 0 Å². The van der Waals surface area contributed by atoms with Crippen molar-refractivity contribution in [1.29, 1.82) is 0 Å². The maximum atomic E-state index is 9.35. The molecule has 0 radical (unpaired) electrons. The van der Waals surface area contributed by atoms with Crippen LogP contribution in [-0.2, 0) is 5.41 Å². The minimum absolute atomic E-state index is 0.0867. The van der Waals surface area contributed by atoms with Crippen molar-refractivity contribution < 1.29 is 5.11 Å². The van der Waals surface area contributed by atoms with Gasteiger partial charge in [0.2, 0.25) is 0 Å². The largest absolute Gasteiger partial charge is 0.508 e. The number of hydrogen-bond donors (Lipinski definition) is 2. The van der Waals surface area contributed by atoms with Gasteiger partial charge in [-0.05, 0) is 18.9 Å². The highest BCUT2D eigenvalue weighted by Gasteiger charge is 2.46. The lowest BCUT2D eigenvalue weighted by molar-refractivity contribution is 0.475. The van der Waals surface area contributed by atoms with Crippen molar-refractivity contribution in [2.45, 2.75) is 18.3 Å². The molecular weight excluding hydrogens is 190 g/mol. The summed E-state index contributed by atoms with van der Waals surface area (Å²) in [4.78, 5) is 4.41. The van der Waals surface area contributed by atoms with Gasteiger partial charge in [-0.3, -0.25) is 0 Å². The molecule has 1 saturated carbocycles. The maximum Gasteiger partial charge on any atom is 0.120 e. The fraction of sp³-hybridized carbons (Fsp3) is 0.364. The Morgan fingerprint density at radius 3 is 3.00 bits per heavy atom. The molecule has 0 unspecified atom stereocenters. The van der Waals surface area contributed by atoms with Crippen molar-refractivity contribution in [1.82, 2.24) is 9.38 Å². The topological polar surface area (TPSA) is 63.5 Å². The van der Waals surface area contributed by atoms with Crippen LogP contribution in [0.5, 0.6) is 5.75 Å². The van der Waals surface area contributed by atoms with Gasteiger partial charge in [-0.25, -0.2) is 4.98 Å². The summed E-state index contributed by atoms with van der Waals surface area (Å²) in [5, 5.41) is 9.35. The Labute approximate surface area is 87.4 Å². The molecule has 4 nitrogen and oxygen atoms in total. The number of nitrogens with two attached hydrogens (primary N) is 1. The van der Waals surface area contributed by atoms with Crippen LogP contribution in [0.3, 0.4) is 0 Å². The molecule has 0 bridgehead atoms. The molecule has 2 aromatic rings. The number of hydrogen-bond acceptors (Lipinski definition) is 3. The third-order valence-corrected chi connectivity index (χ3v) is 3.23. The Bertz CT molecular complexity index is 514. The minimum atomic E-state index is 0.0867. The summed E-state index contributed by atoms with van der Waals surface area (Å²) < 4.78 is 2.01. The molecule has 2 heterocycles. The molecule has 3 rings (SSSR count). The number of nitrogens with zero attached hydrogens (tertiary/aromatic N) is 2. The van der Waals surface area contributed by atoms with Crippen molar-refractivity contribution in [2.75, 3.05) is 6.54 Å². The van der Waals surface area contributed by atoms with E-state index in [2.05, 4.69) is 4.98 Å². The first-order valence-corrected chi connectivity index (χ1v) is 5.12. The van der Waals surface area contributed by atoms with Crippen LogP contribution in [0.4, 0.5) is 0 Å². The van der Waals surface area contributed by atoms with Crippen LogP contribution in [0, 0.1) is 0 Å². The molecule has 0 aliphatic heterocycles. The van der Waals surface area contributed by atoms with E-state index in [9.17, 15) is 5.11 Å². The molecule has 1 fully saturated rings. The van der Waals surface area contributed by atoms with Crippen molar-refractivity contribution in [3.63, 3.8) is 0 Å². The highest BCUT2D eigenvalue weighted by Crippen LogP contribution is 2.46. The maximum absolute atomic E-state index is 9.35. The van der Waals surface area contributed by atoms with Gasteiger partial charge in [-0.15, -0.1) is 0 Å². The zero-order valence-corrected chi connectivity index (χ0v) is 8.35. The van der Waals surface area contributed by atoms with E-state index in [0.29, 0.717) is 6.54 Å². The van der Waals surface area contributed by atoms with Crippen LogP contribution in [0.15, 0.2) is 24.5 Å². The Morgan fingerprint density at radius 1 is 1.53 bits per heavy atom. The van der Waals surface area contributed by atoms with Crippen LogP contribution in [0.2, 0.25) is 0 Å². The van der Waals surface area contributed by atoms with E-state index >= 15 is 0 Å². The number of aromatic hydroxyl groups is 1. The fourth-order valence-electron chi connectivity index (χ4n) is 2.05. The van der Waals surface area contributed by atoms with E-state index in [-0.39, 0.29) is 11.2 Å². The highest BCUT2D eigenvalue weighted by atomic mass is 16.3. The zero-order chi connectivity index (χ0) is 10.5. The Morgan fingerprint density at radius 2 is 2.33 bits per heavy atom. The van der Waals surface area contributed by atoms with Gasteiger partial charge in [0.1, 0.15) is 11.6 Å². The summed E-state index contributed by atoms with van der Waals surface area (Å²) in [6.45, 7) is 0.646. The molecule has 0 saturated heterocycles. The second kappa shape index (κ2) is 2.73. The van der Waals surface area contributed by atoms with E-state index in [0.717, 1.165) is 24.2 Å². The molecular formula is C11H13N3O. The van der Waals surface area contributed by atoms with Crippen LogP contribution >= 0.6 is 0 Å². The first-order valence-electron chi connectivity index (χ1n) is 5.12. The predicted octanol–water partition coefficient (Wildman–Crippen LogP) is 1.03. The quantitative estimate of drug-likeness (QED) is 0.766. The molecule has 0 amide bonds. The SMILES string of the molecule is NCC1(c2ncc3cc(O)ccn23)CC1. The van der Waals surface area contributed by atoms with Gasteiger partial charge in [0, 0.05) is 24.2 Å². The van der Waals surface area contributed by atoms with Crippen molar-refractivity contribution in [2.24, 2.45) is 5.73 Å². The molecule has 0 aromatic carbocycles. The number of rotatable bonds is 2. The summed E-state index contributed by atoms with van der Waals surface area (Å²) in [5.74, 6) is 1.30. The van der Waals surface area contributed by atoms with Crippen LogP contribution in [-0.4, -0.2) is 21.0 Å². The van der Waals surface area contributed by atoms with Gasteiger partial charge >= 0.3 is 0 Å². The average Bonchev–Trinajstić information content (AvgIpc) is 2.93. The molecule has 0 atom stereocenters. The predicted molar refractivity (Wildman–Crippen MR) is 56.8 cm³/mol. The number of fused-ring (bicyclic) bond motifs is 1. The van der Waals surface area contributed by atoms with E-state index in [1.807, 2.05) is 10.6 Å². The van der Waals surface area contributed by atoms with Crippen LogP contribution in [0.25, 0.3) is 5.52 Å². The molecule has 78 valence electrons. The van der Waals surface area contributed by atoms with Gasteiger partial charge in [0.05, 0.1) is 11.7 Å². The standard InChI is InChI=1S/C11H13N3O/c12-7-11(2-3-11)10-13-6-8-5-9(15)1-4-14(8)10/h1,4-6,15H,2-3,7,12H2. The first kappa shape index (κ1) is 8.73. The summed E-state index contributed by atoms with van der Waals surface area (Å²) in [6.07, 6.45) is 5.86. The monoisotopic (exact) mass is 203 g/mol. The van der Waals surface area contributed by atoms with Gasteiger partial charge in [-0.1, -0.05) is 0 Å². The third-order valence-electron chi connectivity index (χ3n) is 3.23. The second-order valence-electron chi connectivity index (χ2n) is 4.25. The normalized spacial score (nSPS) is 18.2. The van der Waals surface area contributed by atoms with E-state index < -0.39 is 0 Å². The van der Waals surface area contributed by atoms with Crippen molar-refractivity contribution in [3.8, 4) is 5.75 Å². The summed E-state index contributed by atoms with van der Waals surface area (Å²) in [7, 11) is 0. The lowest BCUT2D eigenvalue weighted by Gasteiger charge is -2.10. The highest BCUT2D eigenvalue weighted by molar-refractivity contribution is 5.51. The third kappa shape index (κ3) is 1.15. The molecule has 1 aliphatic carbocycles. The van der Waals surface area contributed by atoms with Gasteiger partial charge in [0.15, 0.2) is 0 Å². The second-order valence-corrected chi connectivity index (χ2v) is 4.25. The number of aromatic nitrogens is 2. The Balaban J connectivity index is 2.21. The summed E-state index contributed by atoms with van der Waals surface area (Å²) in [6, 6.07) is 3.38. The number of imidazole rings is 1. The Kier molecular flexibility index (Phi) is 1.59. The Hall–Kier alpha value is -1.55. The van der Waals surface area contributed by atoms with Gasteiger partial charge in [-0.2, -0.15) is 0 Å². The molecule has 0 spiro atoms. The van der Waals surface area contributed by atoms with Crippen molar-refractivity contribution >= 4 is 5.52 Å². The first-order chi connectivity index (χ1) is 7.25. The van der Waals surface area contributed by atoms with Gasteiger partial charge in [0.25, 0.3) is 0 Å². The minimum Gasteiger partial charge on any atom is -0.508 e. The summed E-state index contributed by atoms with van der Waals surface area (Å²) in [5.41, 5.74) is 6.79. The van der Waals surface area contributed by atoms with Gasteiger partial charge < -0.3 is 15.2 Å². The lowest BCUT2D eigenvalue weighted by Crippen LogP contribution is -2.22. The zero-order valence-electron chi connectivity index (χ0n) is 8.35. The lowest BCUT2D eigenvalue weighted by atomic mass is 10.1. The smallest absolute Gasteiger partial charge is 0.120 e. The van der Waals surface area contributed by atoms with Crippen LogP contribution < -0.4 is 5.73 Å². The number of pyridine rings is 1. The van der Waals surface area contributed by atoms with E-state index in [4.69, 9.17) is 5.73 Å². The molecule has 1 aliphatic rings. The summed E-state index contributed by atoms with van der Waals surface area (Å²) >= 11 is 0. The van der Waals surface area contributed by atoms with Crippen LogP contribution in [0.1, 0.15) is 18.7 Å². The molecule has 4 heteroatoms. The average molecular weight is 203 g/mol. The molecule has 2 aromatic heterocycles. The molecule has 15 heavy (non-hydrogen) atoms. The van der Waals surface area contributed by atoms with Crippen molar-refractivity contribution in [3.05, 3.63) is 30.4 Å². The van der Waals surface area contributed by atoms with E-state index in [1.54, 1.807) is 18.3 Å². The molecule has 3 N–H and O–H groups in total. The fourth-order valence-corrected chi connectivity index (χ4v) is 2.05.